The number of rotatable bonds is 6. The highest BCUT2D eigenvalue weighted by Gasteiger charge is 2.33. The molecule has 2 aliphatic heterocycles. The van der Waals surface area contributed by atoms with Crippen LogP contribution in [-0.2, 0) is 11.3 Å². The lowest BCUT2D eigenvalue weighted by Crippen LogP contribution is -2.57. The Morgan fingerprint density at radius 2 is 1.83 bits per heavy atom. The van der Waals surface area contributed by atoms with E-state index in [2.05, 4.69) is 21.4 Å². The molecule has 2 saturated heterocycles. The summed E-state index contributed by atoms with van der Waals surface area (Å²) in [5.41, 5.74) is 3.51. The number of hydrogen-bond donors (Lipinski definition) is 1. The molecule has 182 valence electrons. The average molecular weight is 473 g/mol. The standard InChI is InChI=1S/C27H32N6O2/c1-30-16-17-32(27(35)24-11-3-2-8-21(24)19-33-15-7-12-28-33)20-25(30)26(34)29-22-9-6-10-23(18-22)31-13-4-5-14-31/h2-3,6-12,15,18,25H,4-5,13-14,16-17,19-20H2,1H3,(H,29,34)/t25-/m1/s1. The quantitative estimate of drug-likeness (QED) is 0.597. The molecule has 1 atom stereocenters. The van der Waals surface area contributed by atoms with Gasteiger partial charge in [-0.2, -0.15) is 5.10 Å². The molecule has 35 heavy (non-hydrogen) atoms. The Labute approximate surface area is 206 Å². The molecule has 2 aromatic carbocycles. The van der Waals surface area contributed by atoms with Gasteiger partial charge in [-0.1, -0.05) is 24.3 Å². The number of nitrogens with zero attached hydrogens (tertiary/aromatic N) is 5. The summed E-state index contributed by atoms with van der Waals surface area (Å²) in [4.78, 5) is 33.0. The summed E-state index contributed by atoms with van der Waals surface area (Å²) in [6.45, 7) is 4.21. The van der Waals surface area contributed by atoms with Crippen molar-refractivity contribution < 1.29 is 9.59 Å². The number of anilines is 2. The zero-order chi connectivity index (χ0) is 24.2. The first-order chi connectivity index (χ1) is 17.1. The van der Waals surface area contributed by atoms with Crippen molar-refractivity contribution in [1.82, 2.24) is 19.6 Å². The van der Waals surface area contributed by atoms with Gasteiger partial charge in [0.25, 0.3) is 5.91 Å². The van der Waals surface area contributed by atoms with E-state index in [9.17, 15) is 9.59 Å². The smallest absolute Gasteiger partial charge is 0.254 e. The molecule has 8 nitrogen and oxygen atoms in total. The normalized spacial score (nSPS) is 18.6. The van der Waals surface area contributed by atoms with E-state index in [0.29, 0.717) is 31.7 Å². The SMILES string of the molecule is CN1CCN(C(=O)c2ccccc2Cn2cccn2)C[C@@H]1C(=O)Nc1cccc(N2CCCC2)c1. The van der Waals surface area contributed by atoms with E-state index >= 15 is 0 Å². The van der Waals surface area contributed by atoms with Crippen molar-refractivity contribution in [3.05, 3.63) is 78.1 Å². The van der Waals surface area contributed by atoms with Crippen molar-refractivity contribution >= 4 is 23.2 Å². The number of carbonyl (C=O) groups is 2. The van der Waals surface area contributed by atoms with Crippen molar-refractivity contribution in [1.29, 1.82) is 0 Å². The zero-order valence-electron chi connectivity index (χ0n) is 20.1. The fourth-order valence-electron chi connectivity index (χ4n) is 4.93. The van der Waals surface area contributed by atoms with Crippen LogP contribution in [0, 0.1) is 0 Å². The summed E-state index contributed by atoms with van der Waals surface area (Å²) < 4.78 is 1.81. The van der Waals surface area contributed by atoms with Crippen LogP contribution < -0.4 is 10.2 Å². The lowest BCUT2D eigenvalue weighted by atomic mass is 10.0. The Morgan fingerprint density at radius 3 is 2.63 bits per heavy atom. The van der Waals surface area contributed by atoms with Crippen molar-refractivity contribution in [3.8, 4) is 0 Å². The average Bonchev–Trinajstić information content (AvgIpc) is 3.59. The Morgan fingerprint density at radius 1 is 1.00 bits per heavy atom. The van der Waals surface area contributed by atoms with Gasteiger partial charge in [0.15, 0.2) is 0 Å². The van der Waals surface area contributed by atoms with E-state index in [4.69, 9.17) is 0 Å². The Kier molecular flexibility index (Phi) is 6.81. The minimum absolute atomic E-state index is 0.0466. The molecule has 0 bridgehead atoms. The van der Waals surface area contributed by atoms with E-state index in [-0.39, 0.29) is 11.8 Å². The van der Waals surface area contributed by atoms with Gasteiger partial charge < -0.3 is 15.1 Å². The van der Waals surface area contributed by atoms with Crippen LogP contribution in [0.4, 0.5) is 11.4 Å². The minimum atomic E-state index is -0.415. The first-order valence-corrected chi connectivity index (χ1v) is 12.3. The van der Waals surface area contributed by atoms with Gasteiger partial charge in [0, 0.05) is 62.1 Å². The van der Waals surface area contributed by atoms with Crippen LogP contribution in [-0.4, -0.2) is 77.2 Å². The van der Waals surface area contributed by atoms with Gasteiger partial charge in [0.05, 0.1) is 6.54 Å². The van der Waals surface area contributed by atoms with Gasteiger partial charge in [0.1, 0.15) is 6.04 Å². The van der Waals surface area contributed by atoms with Crippen LogP contribution in [0.25, 0.3) is 0 Å². The molecule has 5 rings (SSSR count). The summed E-state index contributed by atoms with van der Waals surface area (Å²) in [6.07, 6.45) is 6.03. The van der Waals surface area contributed by atoms with E-state index < -0.39 is 6.04 Å². The zero-order valence-corrected chi connectivity index (χ0v) is 20.1. The van der Waals surface area contributed by atoms with Crippen molar-refractivity contribution in [2.75, 3.05) is 50.0 Å². The number of carbonyl (C=O) groups excluding carboxylic acids is 2. The monoisotopic (exact) mass is 472 g/mol. The highest BCUT2D eigenvalue weighted by atomic mass is 16.2. The second-order valence-corrected chi connectivity index (χ2v) is 9.34. The molecule has 0 spiro atoms. The topological polar surface area (TPSA) is 73.7 Å². The molecule has 0 saturated carbocycles. The van der Waals surface area contributed by atoms with Crippen LogP contribution in [0.2, 0.25) is 0 Å². The van der Waals surface area contributed by atoms with Gasteiger partial charge in [-0.15, -0.1) is 0 Å². The number of aromatic nitrogens is 2. The maximum atomic E-state index is 13.5. The molecular formula is C27H32N6O2. The van der Waals surface area contributed by atoms with Crippen molar-refractivity contribution in [3.63, 3.8) is 0 Å². The van der Waals surface area contributed by atoms with Gasteiger partial charge >= 0.3 is 0 Å². The van der Waals surface area contributed by atoms with Gasteiger partial charge in [-0.3, -0.25) is 19.2 Å². The summed E-state index contributed by atoms with van der Waals surface area (Å²) in [5.74, 6) is -0.136. The third-order valence-corrected chi connectivity index (χ3v) is 6.96. The molecular weight excluding hydrogens is 440 g/mol. The molecule has 8 heteroatoms. The maximum Gasteiger partial charge on any atom is 0.254 e. The van der Waals surface area contributed by atoms with Crippen LogP contribution in [0.5, 0.6) is 0 Å². The number of piperazine rings is 1. The number of nitrogens with one attached hydrogen (secondary N) is 1. The summed E-state index contributed by atoms with van der Waals surface area (Å²) in [7, 11) is 1.94. The fourth-order valence-corrected chi connectivity index (χ4v) is 4.93. The van der Waals surface area contributed by atoms with E-state index in [1.807, 2.05) is 71.4 Å². The highest BCUT2D eigenvalue weighted by Crippen LogP contribution is 2.24. The Balaban J connectivity index is 1.28. The van der Waals surface area contributed by atoms with E-state index in [1.165, 1.54) is 12.8 Å². The molecule has 3 heterocycles. The number of benzene rings is 2. The first-order valence-electron chi connectivity index (χ1n) is 12.3. The predicted octanol–water partition coefficient (Wildman–Crippen LogP) is 2.93. The van der Waals surface area contributed by atoms with Crippen molar-refractivity contribution in [2.45, 2.75) is 25.4 Å². The molecule has 2 fully saturated rings. The second kappa shape index (κ2) is 10.3. The third-order valence-electron chi connectivity index (χ3n) is 6.96. The summed E-state index contributed by atoms with van der Waals surface area (Å²) in [5, 5.41) is 7.36. The van der Waals surface area contributed by atoms with Crippen molar-refractivity contribution in [2.24, 2.45) is 0 Å². The highest BCUT2D eigenvalue weighted by molar-refractivity contribution is 5.98. The minimum Gasteiger partial charge on any atom is -0.371 e. The van der Waals surface area contributed by atoms with Crippen LogP contribution in [0.15, 0.2) is 67.0 Å². The number of amides is 2. The molecule has 0 aliphatic carbocycles. The maximum absolute atomic E-state index is 13.5. The molecule has 3 aromatic rings. The largest absolute Gasteiger partial charge is 0.371 e. The van der Waals surface area contributed by atoms with Gasteiger partial charge in [-0.05, 0) is 55.8 Å². The van der Waals surface area contributed by atoms with Gasteiger partial charge in [0.2, 0.25) is 5.91 Å². The van der Waals surface area contributed by atoms with Gasteiger partial charge in [-0.25, -0.2) is 0 Å². The summed E-state index contributed by atoms with van der Waals surface area (Å²) >= 11 is 0. The second-order valence-electron chi connectivity index (χ2n) is 9.34. The van der Waals surface area contributed by atoms with Crippen LogP contribution in [0.1, 0.15) is 28.8 Å². The fraction of sp³-hybridized carbons (Fsp3) is 0.370. The number of likely N-dealkylation sites (N-methyl/N-ethyl adjacent to an activating group) is 1. The third kappa shape index (κ3) is 5.22. The predicted molar refractivity (Wildman–Crippen MR) is 137 cm³/mol. The molecule has 1 N–H and O–H groups in total. The van der Waals surface area contributed by atoms with Crippen LogP contribution in [0.3, 0.4) is 0 Å². The summed E-state index contributed by atoms with van der Waals surface area (Å²) in [6, 6.07) is 17.1. The van der Waals surface area contributed by atoms with E-state index in [0.717, 1.165) is 30.0 Å². The molecule has 0 unspecified atom stereocenters. The van der Waals surface area contributed by atoms with Crippen LogP contribution >= 0.6 is 0 Å². The number of hydrogen-bond acceptors (Lipinski definition) is 5. The lowest BCUT2D eigenvalue weighted by molar-refractivity contribution is -0.122. The molecule has 0 radical (unpaired) electrons. The molecule has 2 amide bonds. The molecule has 2 aliphatic rings. The lowest BCUT2D eigenvalue weighted by Gasteiger charge is -2.38. The molecule has 1 aromatic heterocycles. The Hall–Kier alpha value is -3.65. The Bertz CT molecular complexity index is 1170. The first kappa shape index (κ1) is 23.1. The van der Waals surface area contributed by atoms with E-state index in [1.54, 1.807) is 11.1 Å².